The van der Waals surface area contributed by atoms with Crippen molar-refractivity contribution in [1.82, 2.24) is 10.2 Å². The SMILES string of the molecule is CCNC(=NCCCOCC1CCOC1)N(C)Cc1ccc2c(c1)OCO2.I. The molecule has 0 radical (unpaired) electrons. The molecule has 0 aliphatic carbocycles. The number of ether oxygens (including phenoxy) is 4. The molecule has 2 aliphatic rings. The number of benzene rings is 1. The highest BCUT2D eigenvalue weighted by Crippen LogP contribution is 2.32. The van der Waals surface area contributed by atoms with Crippen LogP contribution < -0.4 is 14.8 Å². The fraction of sp³-hybridized carbons (Fsp3) is 0.650. The maximum absolute atomic E-state index is 5.75. The van der Waals surface area contributed by atoms with Crippen LogP contribution >= 0.6 is 24.0 Å². The van der Waals surface area contributed by atoms with E-state index in [4.69, 9.17) is 23.9 Å². The number of nitrogens with zero attached hydrogens (tertiary/aromatic N) is 2. The number of hydrogen-bond acceptors (Lipinski definition) is 5. The molecule has 1 saturated heterocycles. The molecule has 1 aromatic rings. The Balaban J connectivity index is 0.00000280. The number of aliphatic imine (C=N–C) groups is 1. The van der Waals surface area contributed by atoms with Gasteiger partial charge in [-0.25, -0.2) is 0 Å². The van der Waals surface area contributed by atoms with E-state index in [0.29, 0.717) is 12.7 Å². The Labute approximate surface area is 184 Å². The molecule has 1 atom stereocenters. The van der Waals surface area contributed by atoms with Crippen molar-refractivity contribution in [2.45, 2.75) is 26.3 Å². The van der Waals surface area contributed by atoms with E-state index in [0.717, 1.165) is 81.9 Å². The Morgan fingerprint density at radius 3 is 2.96 bits per heavy atom. The summed E-state index contributed by atoms with van der Waals surface area (Å²) in [4.78, 5) is 6.84. The Hall–Kier alpha value is -1.26. The summed E-state index contributed by atoms with van der Waals surface area (Å²) in [6, 6.07) is 6.05. The lowest BCUT2D eigenvalue weighted by Gasteiger charge is -2.22. The van der Waals surface area contributed by atoms with Crippen LogP contribution in [-0.2, 0) is 16.0 Å². The van der Waals surface area contributed by atoms with E-state index in [2.05, 4.69) is 23.2 Å². The number of halogens is 1. The first-order valence-electron chi connectivity index (χ1n) is 9.79. The first-order chi connectivity index (χ1) is 13.3. The van der Waals surface area contributed by atoms with Crippen LogP contribution in [0.25, 0.3) is 0 Å². The van der Waals surface area contributed by atoms with Crippen molar-refractivity contribution in [3.8, 4) is 11.5 Å². The molecule has 1 unspecified atom stereocenters. The first kappa shape index (κ1) is 23.0. The Bertz CT molecular complexity index is 623. The molecule has 2 heterocycles. The molecule has 2 aliphatic heterocycles. The Kier molecular flexibility index (Phi) is 10.1. The predicted octanol–water partition coefficient (Wildman–Crippen LogP) is 2.87. The van der Waals surface area contributed by atoms with Gasteiger partial charge in [0.15, 0.2) is 17.5 Å². The molecule has 0 amide bonds. The summed E-state index contributed by atoms with van der Waals surface area (Å²) in [6.45, 7) is 7.97. The van der Waals surface area contributed by atoms with Crippen molar-refractivity contribution in [2.24, 2.45) is 10.9 Å². The number of hydrogen-bond donors (Lipinski definition) is 1. The molecule has 3 rings (SSSR count). The largest absolute Gasteiger partial charge is 0.454 e. The zero-order valence-electron chi connectivity index (χ0n) is 16.8. The van der Waals surface area contributed by atoms with Crippen LogP contribution in [0.5, 0.6) is 11.5 Å². The van der Waals surface area contributed by atoms with Gasteiger partial charge in [-0.3, -0.25) is 4.99 Å². The molecule has 1 fully saturated rings. The van der Waals surface area contributed by atoms with E-state index in [1.807, 2.05) is 19.2 Å². The second-order valence-electron chi connectivity index (χ2n) is 6.94. The van der Waals surface area contributed by atoms with Gasteiger partial charge in [0, 0.05) is 45.8 Å². The van der Waals surface area contributed by atoms with Crippen molar-refractivity contribution in [3.63, 3.8) is 0 Å². The van der Waals surface area contributed by atoms with Crippen LogP contribution in [0, 0.1) is 5.92 Å². The molecule has 0 saturated carbocycles. The third-order valence-corrected chi connectivity index (χ3v) is 4.64. The minimum Gasteiger partial charge on any atom is -0.454 e. The zero-order valence-corrected chi connectivity index (χ0v) is 19.1. The van der Waals surface area contributed by atoms with Crippen molar-refractivity contribution in [3.05, 3.63) is 23.8 Å². The highest BCUT2D eigenvalue weighted by molar-refractivity contribution is 14.0. The minimum absolute atomic E-state index is 0. The molecular weight excluding hydrogens is 473 g/mol. The third kappa shape index (κ3) is 6.97. The van der Waals surface area contributed by atoms with E-state index in [9.17, 15) is 0 Å². The van der Waals surface area contributed by atoms with Gasteiger partial charge >= 0.3 is 0 Å². The maximum atomic E-state index is 5.75. The fourth-order valence-electron chi connectivity index (χ4n) is 3.17. The number of guanidine groups is 1. The highest BCUT2D eigenvalue weighted by atomic mass is 127. The topological polar surface area (TPSA) is 64.6 Å². The Morgan fingerprint density at radius 1 is 1.32 bits per heavy atom. The second kappa shape index (κ2) is 12.3. The molecule has 8 heteroatoms. The van der Waals surface area contributed by atoms with E-state index < -0.39 is 0 Å². The minimum atomic E-state index is 0. The third-order valence-electron chi connectivity index (χ3n) is 4.64. The average molecular weight is 505 g/mol. The van der Waals surface area contributed by atoms with Crippen LogP contribution in [0.1, 0.15) is 25.3 Å². The highest BCUT2D eigenvalue weighted by Gasteiger charge is 2.16. The fourth-order valence-corrected chi connectivity index (χ4v) is 3.17. The van der Waals surface area contributed by atoms with Crippen LogP contribution in [0.15, 0.2) is 23.2 Å². The zero-order chi connectivity index (χ0) is 18.9. The van der Waals surface area contributed by atoms with Crippen LogP contribution in [0.2, 0.25) is 0 Å². The summed E-state index contributed by atoms with van der Waals surface area (Å²) in [5, 5.41) is 3.35. The van der Waals surface area contributed by atoms with E-state index in [1.54, 1.807) is 0 Å². The monoisotopic (exact) mass is 505 g/mol. The normalized spacial score (nSPS) is 18.1. The van der Waals surface area contributed by atoms with Crippen molar-refractivity contribution >= 4 is 29.9 Å². The number of nitrogens with one attached hydrogen (secondary N) is 1. The molecule has 0 bridgehead atoms. The molecule has 28 heavy (non-hydrogen) atoms. The summed E-state index contributed by atoms with van der Waals surface area (Å²) < 4.78 is 21.9. The lowest BCUT2D eigenvalue weighted by atomic mass is 10.1. The van der Waals surface area contributed by atoms with Gasteiger partial charge in [0.2, 0.25) is 6.79 Å². The number of fused-ring (bicyclic) bond motifs is 1. The van der Waals surface area contributed by atoms with Gasteiger partial charge in [-0.2, -0.15) is 0 Å². The average Bonchev–Trinajstić information content (AvgIpc) is 3.34. The molecule has 1 aromatic carbocycles. The van der Waals surface area contributed by atoms with Gasteiger partial charge in [0.1, 0.15) is 0 Å². The van der Waals surface area contributed by atoms with Gasteiger partial charge in [0.05, 0.1) is 13.2 Å². The van der Waals surface area contributed by atoms with Gasteiger partial charge in [0.25, 0.3) is 0 Å². The predicted molar refractivity (Wildman–Crippen MR) is 120 cm³/mol. The van der Waals surface area contributed by atoms with Gasteiger partial charge in [-0.1, -0.05) is 6.07 Å². The lowest BCUT2D eigenvalue weighted by molar-refractivity contribution is 0.0893. The quantitative estimate of drug-likeness (QED) is 0.241. The molecule has 158 valence electrons. The maximum Gasteiger partial charge on any atom is 0.231 e. The van der Waals surface area contributed by atoms with Crippen LogP contribution in [0.3, 0.4) is 0 Å². The van der Waals surface area contributed by atoms with Crippen LogP contribution in [-0.4, -0.2) is 64.2 Å². The van der Waals surface area contributed by atoms with E-state index in [1.165, 1.54) is 0 Å². The second-order valence-corrected chi connectivity index (χ2v) is 6.94. The number of rotatable bonds is 9. The van der Waals surface area contributed by atoms with Gasteiger partial charge in [-0.15, -0.1) is 24.0 Å². The van der Waals surface area contributed by atoms with E-state index >= 15 is 0 Å². The molecule has 0 spiro atoms. The molecular formula is C20H32IN3O4. The molecule has 7 nitrogen and oxygen atoms in total. The summed E-state index contributed by atoms with van der Waals surface area (Å²) in [5.41, 5.74) is 1.16. The van der Waals surface area contributed by atoms with Crippen LogP contribution in [0.4, 0.5) is 0 Å². The summed E-state index contributed by atoms with van der Waals surface area (Å²) >= 11 is 0. The molecule has 0 aromatic heterocycles. The summed E-state index contributed by atoms with van der Waals surface area (Å²) in [6.07, 6.45) is 2.04. The van der Waals surface area contributed by atoms with Gasteiger partial charge in [-0.05, 0) is 37.5 Å². The summed E-state index contributed by atoms with van der Waals surface area (Å²) in [5.74, 6) is 3.09. The van der Waals surface area contributed by atoms with Crippen molar-refractivity contribution in [2.75, 3.05) is 53.4 Å². The van der Waals surface area contributed by atoms with E-state index in [-0.39, 0.29) is 24.0 Å². The van der Waals surface area contributed by atoms with Gasteiger partial charge < -0.3 is 29.2 Å². The lowest BCUT2D eigenvalue weighted by Crippen LogP contribution is -2.38. The smallest absolute Gasteiger partial charge is 0.231 e. The standard InChI is InChI=1S/C20H31N3O4.HI/c1-3-21-20(22-8-4-9-24-13-17-7-10-25-14-17)23(2)12-16-5-6-18-19(11-16)27-15-26-18;/h5-6,11,17H,3-4,7-10,12-15H2,1-2H3,(H,21,22);1H. The molecule has 1 N–H and O–H groups in total. The first-order valence-corrected chi connectivity index (χ1v) is 9.79. The van der Waals surface area contributed by atoms with Crippen molar-refractivity contribution in [1.29, 1.82) is 0 Å². The summed E-state index contributed by atoms with van der Waals surface area (Å²) in [7, 11) is 2.04. The Morgan fingerprint density at radius 2 is 2.18 bits per heavy atom. The van der Waals surface area contributed by atoms with Crippen molar-refractivity contribution < 1.29 is 18.9 Å².